The van der Waals surface area contributed by atoms with E-state index in [4.69, 9.17) is 0 Å². The summed E-state index contributed by atoms with van der Waals surface area (Å²) < 4.78 is 3.36. The van der Waals surface area contributed by atoms with Gasteiger partial charge in [-0.15, -0.1) is 10.2 Å². The summed E-state index contributed by atoms with van der Waals surface area (Å²) >= 11 is 0. The van der Waals surface area contributed by atoms with Crippen molar-refractivity contribution in [2.75, 3.05) is 5.32 Å². The SMILES string of the molecule is CCCCCC(=O)Nc1cccc(-n2nnnc2SSc2nnnn2-c2cccc(CCCCC)c2)c1. The van der Waals surface area contributed by atoms with Crippen molar-refractivity contribution in [3.8, 4) is 11.4 Å². The highest BCUT2D eigenvalue weighted by atomic mass is 33.1. The van der Waals surface area contributed by atoms with Crippen LogP contribution in [-0.2, 0) is 11.2 Å². The van der Waals surface area contributed by atoms with Gasteiger partial charge in [0.1, 0.15) is 0 Å². The Hall–Kier alpha value is -3.25. The lowest BCUT2D eigenvalue weighted by molar-refractivity contribution is -0.116. The van der Waals surface area contributed by atoms with E-state index in [0.29, 0.717) is 22.4 Å². The number of carbonyl (C=O) groups is 1. The van der Waals surface area contributed by atoms with Crippen LogP contribution in [0, 0.1) is 0 Å². The lowest BCUT2D eigenvalue weighted by Gasteiger charge is -2.09. The number of benzene rings is 2. The fourth-order valence-corrected chi connectivity index (χ4v) is 5.54. The summed E-state index contributed by atoms with van der Waals surface area (Å²) in [5, 5.41) is 28.6. The Morgan fingerprint density at radius 1 is 0.811 bits per heavy atom. The Morgan fingerprint density at radius 3 is 2.11 bits per heavy atom. The summed E-state index contributed by atoms with van der Waals surface area (Å²) in [5.74, 6) is 0.00809. The van der Waals surface area contributed by atoms with E-state index in [-0.39, 0.29) is 5.91 Å². The van der Waals surface area contributed by atoms with Crippen molar-refractivity contribution in [1.82, 2.24) is 40.4 Å². The average Bonchev–Trinajstić information content (AvgIpc) is 3.58. The number of anilines is 1. The van der Waals surface area contributed by atoms with Gasteiger partial charge in [-0.1, -0.05) is 57.7 Å². The second-order valence-corrected chi connectivity index (χ2v) is 10.7. The second kappa shape index (κ2) is 13.9. The third-order valence-corrected chi connectivity index (χ3v) is 7.71. The van der Waals surface area contributed by atoms with Gasteiger partial charge < -0.3 is 5.32 Å². The summed E-state index contributed by atoms with van der Waals surface area (Å²) in [5.41, 5.74) is 3.65. The molecule has 0 saturated carbocycles. The second-order valence-electron chi connectivity index (χ2n) is 8.60. The minimum Gasteiger partial charge on any atom is -0.326 e. The fourth-order valence-electron chi connectivity index (χ4n) is 3.76. The normalized spacial score (nSPS) is 11.1. The molecule has 2 aromatic carbocycles. The van der Waals surface area contributed by atoms with Gasteiger partial charge in [0.2, 0.25) is 16.2 Å². The topological polar surface area (TPSA) is 116 Å². The smallest absolute Gasteiger partial charge is 0.225 e. The first-order chi connectivity index (χ1) is 18.2. The lowest BCUT2D eigenvalue weighted by atomic mass is 10.1. The van der Waals surface area contributed by atoms with Crippen LogP contribution >= 0.6 is 21.6 Å². The zero-order valence-corrected chi connectivity index (χ0v) is 22.7. The van der Waals surface area contributed by atoms with Crippen LogP contribution in [-0.4, -0.2) is 46.3 Å². The zero-order chi connectivity index (χ0) is 25.9. The molecule has 0 atom stereocenters. The molecule has 12 heteroatoms. The van der Waals surface area contributed by atoms with Crippen molar-refractivity contribution >= 4 is 33.2 Å². The van der Waals surface area contributed by atoms with Crippen LogP contribution in [0.1, 0.15) is 64.4 Å². The number of carbonyl (C=O) groups excluding carboxylic acids is 1. The van der Waals surface area contributed by atoms with Crippen molar-refractivity contribution < 1.29 is 4.79 Å². The molecular formula is C25H31N9OS2. The van der Waals surface area contributed by atoms with Gasteiger partial charge in [0.15, 0.2) is 0 Å². The molecule has 0 bridgehead atoms. The van der Waals surface area contributed by atoms with E-state index < -0.39 is 0 Å². The van der Waals surface area contributed by atoms with Crippen LogP contribution in [0.5, 0.6) is 0 Å². The van der Waals surface area contributed by atoms with Gasteiger partial charge in [0.05, 0.1) is 11.4 Å². The Balaban J connectivity index is 1.43. The minimum atomic E-state index is 0.00809. The van der Waals surface area contributed by atoms with Crippen LogP contribution in [0.15, 0.2) is 58.8 Å². The van der Waals surface area contributed by atoms with Crippen LogP contribution < -0.4 is 5.32 Å². The van der Waals surface area contributed by atoms with E-state index in [0.717, 1.165) is 37.1 Å². The van der Waals surface area contributed by atoms with Crippen LogP contribution in [0.3, 0.4) is 0 Å². The number of hydrogen-bond acceptors (Lipinski definition) is 9. The Bertz CT molecular complexity index is 1290. The lowest BCUT2D eigenvalue weighted by Crippen LogP contribution is -2.11. The molecule has 1 amide bonds. The minimum absolute atomic E-state index is 0.00809. The molecule has 0 aliphatic heterocycles. The van der Waals surface area contributed by atoms with Gasteiger partial charge in [-0.3, -0.25) is 4.79 Å². The van der Waals surface area contributed by atoms with Crippen LogP contribution in [0.2, 0.25) is 0 Å². The van der Waals surface area contributed by atoms with Gasteiger partial charge in [-0.2, -0.15) is 9.36 Å². The largest absolute Gasteiger partial charge is 0.326 e. The molecule has 2 heterocycles. The molecule has 2 aromatic heterocycles. The van der Waals surface area contributed by atoms with Crippen molar-refractivity contribution in [3.05, 3.63) is 54.1 Å². The number of nitrogens with one attached hydrogen (secondary N) is 1. The summed E-state index contributed by atoms with van der Waals surface area (Å²) in [4.78, 5) is 12.2. The Labute approximate surface area is 224 Å². The average molecular weight is 538 g/mol. The number of amides is 1. The maximum Gasteiger partial charge on any atom is 0.225 e. The molecule has 0 spiro atoms. The van der Waals surface area contributed by atoms with Gasteiger partial charge in [0.25, 0.3) is 0 Å². The third kappa shape index (κ3) is 7.62. The van der Waals surface area contributed by atoms with E-state index in [1.54, 1.807) is 9.36 Å². The molecule has 4 rings (SSSR count). The van der Waals surface area contributed by atoms with Crippen molar-refractivity contribution in [3.63, 3.8) is 0 Å². The van der Waals surface area contributed by atoms with Crippen LogP contribution in [0.4, 0.5) is 5.69 Å². The molecule has 37 heavy (non-hydrogen) atoms. The van der Waals surface area contributed by atoms with Crippen molar-refractivity contribution in [1.29, 1.82) is 0 Å². The Kier molecular flexibility index (Phi) is 10.1. The predicted molar refractivity (Wildman–Crippen MR) is 146 cm³/mol. The highest BCUT2D eigenvalue weighted by Crippen LogP contribution is 2.36. The summed E-state index contributed by atoms with van der Waals surface area (Å²) in [6.07, 6.45) is 8.14. The first-order valence-corrected chi connectivity index (χ1v) is 14.7. The number of nitrogens with zero attached hydrogens (tertiary/aromatic N) is 8. The number of tetrazole rings is 2. The molecule has 0 unspecified atom stereocenters. The number of aryl methyl sites for hydroxylation is 1. The maximum atomic E-state index is 12.2. The monoisotopic (exact) mass is 537 g/mol. The molecule has 0 radical (unpaired) electrons. The highest BCUT2D eigenvalue weighted by Gasteiger charge is 2.15. The fraction of sp³-hybridized carbons (Fsp3) is 0.400. The molecular weight excluding hydrogens is 506 g/mol. The molecule has 4 aromatic rings. The summed E-state index contributed by atoms with van der Waals surface area (Å²) in [6.45, 7) is 4.33. The van der Waals surface area contributed by atoms with Crippen molar-refractivity contribution in [2.24, 2.45) is 0 Å². The molecule has 0 aliphatic rings. The van der Waals surface area contributed by atoms with E-state index in [1.165, 1.54) is 46.4 Å². The van der Waals surface area contributed by atoms with Crippen LogP contribution in [0.25, 0.3) is 11.4 Å². The van der Waals surface area contributed by atoms with Crippen molar-refractivity contribution in [2.45, 2.75) is 75.5 Å². The molecule has 0 fully saturated rings. The standard InChI is InChI=1S/C25H31N9OS2/c1-3-5-7-11-19-12-9-14-21(17-19)33-24(27-29-31-33)36-37-25-28-30-32-34(25)22-15-10-13-20(18-22)26-23(35)16-8-6-4-2/h9-10,12-15,17-18H,3-8,11,16H2,1-2H3,(H,26,35). The summed E-state index contributed by atoms with van der Waals surface area (Å²) in [7, 11) is 2.74. The molecule has 0 saturated heterocycles. The molecule has 0 aliphatic carbocycles. The first-order valence-electron chi connectivity index (χ1n) is 12.6. The van der Waals surface area contributed by atoms with Gasteiger partial charge in [0, 0.05) is 12.1 Å². The summed E-state index contributed by atoms with van der Waals surface area (Å²) in [6, 6.07) is 15.8. The first kappa shape index (κ1) is 26.8. The number of aromatic nitrogens is 8. The Morgan fingerprint density at radius 2 is 1.43 bits per heavy atom. The van der Waals surface area contributed by atoms with E-state index in [2.05, 4.69) is 62.3 Å². The number of hydrogen-bond donors (Lipinski definition) is 1. The van der Waals surface area contributed by atoms with E-state index in [9.17, 15) is 4.79 Å². The number of unbranched alkanes of at least 4 members (excludes halogenated alkanes) is 4. The van der Waals surface area contributed by atoms with E-state index in [1.807, 2.05) is 36.4 Å². The highest BCUT2D eigenvalue weighted by molar-refractivity contribution is 8.76. The van der Waals surface area contributed by atoms with Gasteiger partial charge >= 0.3 is 0 Å². The quantitative estimate of drug-likeness (QED) is 0.160. The predicted octanol–water partition coefficient (Wildman–Crippen LogP) is 5.69. The molecule has 194 valence electrons. The third-order valence-electron chi connectivity index (χ3n) is 5.68. The molecule has 10 nitrogen and oxygen atoms in total. The van der Waals surface area contributed by atoms with Gasteiger partial charge in [-0.25, -0.2) is 0 Å². The number of rotatable bonds is 14. The maximum absolute atomic E-state index is 12.2. The zero-order valence-electron chi connectivity index (χ0n) is 21.1. The van der Waals surface area contributed by atoms with E-state index >= 15 is 0 Å². The van der Waals surface area contributed by atoms with Gasteiger partial charge in [-0.05, 0) is 97.6 Å². The molecule has 1 N–H and O–H groups in total.